The van der Waals surface area contributed by atoms with Gasteiger partial charge in [0, 0.05) is 4.47 Å². The van der Waals surface area contributed by atoms with E-state index in [9.17, 15) is 9.90 Å². The molecule has 1 amide bonds. The molecule has 2 aromatic rings. The van der Waals surface area contributed by atoms with Gasteiger partial charge in [0.2, 0.25) is 0 Å². The minimum absolute atomic E-state index is 0.293. The van der Waals surface area contributed by atoms with E-state index in [1.165, 1.54) is 12.1 Å². The van der Waals surface area contributed by atoms with E-state index in [0.29, 0.717) is 11.4 Å². The van der Waals surface area contributed by atoms with Crippen molar-refractivity contribution < 1.29 is 9.90 Å². The molecule has 0 aliphatic carbocycles. The van der Waals surface area contributed by atoms with E-state index in [1.807, 2.05) is 18.2 Å². The molecule has 0 radical (unpaired) electrons. The summed E-state index contributed by atoms with van der Waals surface area (Å²) in [6.07, 6.45) is -0.813. The quantitative estimate of drug-likeness (QED) is 0.793. The molecule has 3 N–H and O–H groups in total. The van der Waals surface area contributed by atoms with Crippen molar-refractivity contribution in [3.05, 3.63) is 57.8 Å². The molecule has 5 nitrogen and oxygen atoms in total. The minimum atomic E-state index is -0.813. The molecule has 6 heteroatoms. The number of aliphatic hydroxyl groups is 1. The highest BCUT2D eigenvalue weighted by molar-refractivity contribution is 9.10. The largest absolute Gasteiger partial charge is 0.386 e. The first-order valence-electron chi connectivity index (χ1n) is 6.34. The monoisotopic (exact) mass is 347 g/mol. The Kier molecular flexibility index (Phi) is 4.78. The highest BCUT2D eigenvalue weighted by Crippen LogP contribution is 2.19. The molecule has 108 valence electrons. The van der Waals surface area contributed by atoms with Crippen LogP contribution < -0.4 is 5.32 Å². The topological polar surface area (TPSA) is 88.9 Å². The number of nitrogens with one attached hydrogen (secondary N) is 2. The van der Waals surface area contributed by atoms with Crippen molar-refractivity contribution in [2.24, 2.45) is 0 Å². The highest BCUT2D eigenvalue weighted by atomic mass is 79.9. The van der Waals surface area contributed by atoms with Crippen LogP contribution in [0, 0.1) is 11.3 Å². The number of hydrogen-bond donors (Lipinski definition) is 3. The van der Waals surface area contributed by atoms with Crippen LogP contribution in [0.1, 0.15) is 34.8 Å². The number of H-pyrrole nitrogens is 1. The summed E-state index contributed by atoms with van der Waals surface area (Å²) in [6, 6.07) is 11.8. The van der Waals surface area contributed by atoms with Crippen LogP contribution in [0.4, 0.5) is 0 Å². The average molecular weight is 348 g/mol. The second-order valence-electron chi connectivity index (χ2n) is 4.66. The Morgan fingerprint density at radius 1 is 1.33 bits per heavy atom. The number of nitriles is 1. The Balaban J connectivity index is 2.03. The summed E-state index contributed by atoms with van der Waals surface area (Å²) in [4.78, 5) is 14.7. The second kappa shape index (κ2) is 6.57. The molecule has 21 heavy (non-hydrogen) atoms. The molecule has 0 fully saturated rings. The van der Waals surface area contributed by atoms with Crippen LogP contribution >= 0.6 is 15.9 Å². The predicted molar refractivity (Wildman–Crippen MR) is 81.5 cm³/mol. The van der Waals surface area contributed by atoms with Gasteiger partial charge in [0.05, 0.1) is 12.1 Å². The summed E-state index contributed by atoms with van der Waals surface area (Å²) >= 11 is 3.33. The number of hydrogen-bond acceptors (Lipinski definition) is 3. The zero-order valence-corrected chi connectivity index (χ0v) is 12.9. The normalized spacial score (nSPS) is 13.2. The van der Waals surface area contributed by atoms with Crippen LogP contribution in [0.2, 0.25) is 0 Å². The minimum Gasteiger partial charge on any atom is -0.386 e. The summed E-state index contributed by atoms with van der Waals surface area (Å²) in [5.74, 6) is -0.361. The summed E-state index contributed by atoms with van der Waals surface area (Å²) < 4.78 is 0.922. The molecule has 1 aromatic carbocycles. The molecule has 2 unspecified atom stereocenters. The number of halogens is 1. The van der Waals surface area contributed by atoms with Gasteiger partial charge in [-0.1, -0.05) is 28.1 Å². The SMILES string of the molecule is CC(NC(=O)c1ccc(C#N)[nH]1)C(O)c1ccc(Br)cc1. The van der Waals surface area contributed by atoms with Crippen molar-refractivity contribution in [3.8, 4) is 6.07 Å². The summed E-state index contributed by atoms with van der Waals surface area (Å²) in [5.41, 5.74) is 1.33. The third kappa shape index (κ3) is 3.72. The van der Waals surface area contributed by atoms with Gasteiger partial charge < -0.3 is 15.4 Å². The van der Waals surface area contributed by atoms with Crippen LogP contribution in [0.15, 0.2) is 40.9 Å². The van der Waals surface area contributed by atoms with Crippen LogP contribution in [-0.2, 0) is 0 Å². The highest BCUT2D eigenvalue weighted by Gasteiger charge is 2.19. The van der Waals surface area contributed by atoms with Gasteiger partial charge in [0.15, 0.2) is 0 Å². The standard InChI is InChI=1S/C15H14BrN3O2/c1-9(14(20)10-2-4-11(16)5-3-10)18-15(21)13-7-6-12(8-17)19-13/h2-7,9,14,19-20H,1H3,(H,18,21). The van der Waals surface area contributed by atoms with E-state index >= 15 is 0 Å². The summed E-state index contributed by atoms with van der Waals surface area (Å²) in [5, 5.41) is 21.7. The van der Waals surface area contributed by atoms with Crippen molar-refractivity contribution in [1.29, 1.82) is 5.26 Å². The summed E-state index contributed by atoms with van der Waals surface area (Å²) in [6.45, 7) is 1.72. The second-order valence-corrected chi connectivity index (χ2v) is 5.57. The number of amides is 1. The van der Waals surface area contributed by atoms with Crippen LogP contribution in [0.3, 0.4) is 0 Å². The Morgan fingerprint density at radius 3 is 2.57 bits per heavy atom. The third-order valence-electron chi connectivity index (χ3n) is 3.09. The first kappa shape index (κ1) is 15.3. The van der Waals surface area contributed by atoms with Gasteiger partial charge in [-0.25, -0.2) is 0 Å². The van der Waals surface area contributed by atoms with Gasteiger partial charge in [-0.15, -0.1) is 0 Å². The Hall–Kier alpha value is -2.10. The molecule has 1 heterocycles. The van der Waals surface area contributed by atoms with Gasteiger partial charge in [-0.2, -0.15) is 5.26 Å². The van der Waals surface area contributed by atoms with E-state index in [2.05, 4.69) is 26.2 Å². The Morgan fingerprint density at radius 2 is 2.00 bits per heavy atom. The summed E-state index contributed by atoms with van der Waals surface area (Å²) in [7, 11) is 0. The van der Waals surface area contributed by atoms with E-state index in [0.717, 1.165) is 10.0 Å². The first-order chi connectivity index (χ1) is 10.0. The van der Waals surface area contributed by atoms with Gasteiger partial charge in [-0.3, -0.25) is 4.79 Å². The van der Waals surface area contributed by atoms with Gasteiger partial charge >= 0.3 is 0 Å². The number of aromatic nitrogens is 1. The van der Waals surface area contributed by atoms with Gasteiger partial charge in [-0.05, 0) is 36.8 Å². The Labute approximate surface area is 130 Å². The average Bonchev–Trinajstić information content (AvgIpc) is 2.96. The fourth-order valence-corrected chi connectivity index (χ4v) is 2.17. The van der Waals surface area contributed by atoms with Crippen LogP contribution in [0.25, 0.3) is 0 Å². The molecular formula is C15H14BrN3O2. The molecule has 2 atom stereocenters. The maximum absolute atomic E-state index is 12.0. The van der Waals surface area contributed by atoms with E-state index < -0.39 is 12.1 Å². The lowest BCUT2D eigenvalue weighted by Crippen LogP contribution is -2.37. The number of aromatic amines is 1. The molecule has 0 aliphatic rings. The molecule has 2 rings (SSSR count). The predicted octanol–water partition coefficient (Wildman–Crippen LogP) is 2.50. The zero-order chi connectivity index (χ0) is 15.4. The molecular weight excluding hydrogens is 334 g/mol. The Bertz CT molecular complexity index is 673. The number of carbonyl (C=O) groups excluding carboxylic acids is 1. The van der Waals surface area contributed by atoms with E-state index in [4.69, 9.17) is 5.26 Å². The van der Waals surface area contributed by atoms with Crippen LogP contribution in [-0.4, -0.2) is 22.0 Å². The smallest absolute Gasteiger partial charge is 0.268 e. The van der Waals surface area contributed by atoms with Gasteiger partial charge in [0.1, 0.15) is 17.5 Å². The van der Waals surface area contributed by atoms with E-state index in [-0.39, 0.29) is 5.91 Å². The lowest BCUT2D eigenvalue weighted by Gasteiger charge is -2.20. The fourth-order valence-electron chi connectivity index (χ4n) is 1.90. The maximum atomic E-state index is 12.0. The molecule has 0 aliphatic heterocycles. The number of aliphatic hydroxyl groups excluding tert-OH is 1. The maximum Gasteiger partial charge on any atom is 0.268 e. The van der Waals surface area contributed by atoms with Crippen LogP contribution in [0.5, 0.6) is 0 Å². The first-order valence-corrected chi connectivity index (χ1v) is 7.14. The molecule has 1 aromatic heterocycles. The lowest BCUT2D eigenvalue weighted by atomic mass is 10.0. The van der Waals surface area contributed by atoms with Crippen molar-refractivity contribution in [2.75, 3.05) is 0 Å². The molecule has 0 saturated carbocycles. The third-order valence-corrected chi connectivity index (χ3v) is 3.62. The van der Waals surface area contributed by atoms with Crippen molar-refractivity contribution in [3.63, 3.8) is 0 Å². The number of carbonyl (C=O) groups is 1. The lowest BCUT2D eigenvalue weighted by molar-refractivity contribution is 0.0848. The number of benzene rings is 1. The number of nitrogens with zero attached hydrogens (tertiary/aromatic N) is 1. The van der Waals surface area contributed by atoms with Crippen molar-refractivity contribution in [2.45, 2.75) is 19.1 Å². The zero-order valence-electron chi connectivity index (χ0n) is 11.3. The van der Waals surface area contributed by atoms with E-state index in [1.54, 1.807) is 19.1 Å². The number of rotatable bonds is 4. The van der Waals surface area contributed by atoms with Crippen molar-refractivity contribution >= 4 is 21.8 Å². The molecule has 0 spiro atoms. The molecule has 0 saturated heterocycles. The molecule has 0 bridgehead atoms. The van der Waals surface area contributed by atoms with Gasteiger partial charge in [0.25, 0.3) is 5.91 Å². The fraction of sp³-hybridized carbons (Fsp3) is 0.200. The van der Waals surface area contributed by atoms with Crippen molar-refractivity contribution in [1.82, 2.24) is 10.3 Å².